The van der Waals surface area contributed by atoms with Gasteiger partial charge in [0.25, 0.3) is 0 Å². The third kappa shape index (κ3) is 6.23. The van der Waals surface area contributed by atoms with E-state index in [2.05, 4.69) is 13.8 Å². The lowest BCUT2D eigenvalue weighted by Crippen LogP contribution is -2.31. The number of rotatable bonds is 7. The van der Waals surface area contributed by atoms with Crippen LogP contribution in [-0.2, 0) is 9.53 Å². The quantitative estimate of drug-likeness (QED) is 0.436. The largest absolute Gasteiger partial charge is 0.462 e. The highest BCUT2D eigenvalue weighted by Gasteiger charge is 2.35. The Hall–Kier alpha value is -0.530. The van der Waals surface area contributed by atoms with Crippen molar-refractivity contribution in [3.63, 3.8) is 0 Å². The van der Waals surface area contributed by atoms with Gasteiger partial charge < -0.3 is 4.74 Å². The van der Waals surface area contributed by atoms with Gasteiger partial charge in [-0.2, -0.15) is 0 Å². The molecule has 3 fully saturated rings. The van der Waals surface area contributed by atoms with E-state index in [4.69, 9.17) is 4.74 Å². The van der Waals surface area contributed by atoms with Crippen molar-refractivity contribution < 1.29 is 9.53 Å². The van der Waals surface area contributed by atoms with Crippen LogP contribution >= 0.6 is 0 Å². The summed E-state index contributed by atoms with van der Waals surface area (Å²) in [7, 11) is 0. The van der Waals surface area contributed by atoms with E-state index in [-0.39, 0.29) is 12.1 Å². The maximum atomic E-state index is 11.9. The van der Waals surface area contributed by atoms with Crippen molar-refractivity contribution in [1.82, 2.24) is 0 Å². The van der Waals surface area contributed by atoms with Crippen molar-refractivity contribution in [2.24, 2.45) is 29.6 Å². The topological polar surface area (TPSA) is 26.3 Å². The minimum absolute atomic E-state index is 0.0404. The molecular weight excluding hydrogens is 332 g/mol. The summed E-state index contributed by atoms with van der Waals surface area (Å²) in [6, 6.07) is 0. The Balaban J connectivity index is 1.33. The van der Waals surface area contributed by atoms with Crippen LogP contribution in [-0.4, -0.2) is 12.1 Å². The van der Waals surface area contributed by atoms with Gasteiger partial charge in [0, 0.05) is 6.42 Å². The smallest absolute Gasteiger partial charge is 0.306 e. The van der Waals surface area contributed by atoms with Gasteiger partial charge in [-0.15, -0.1) is 0 Å². The maximum Gasteiger partial charge on any atom is 0.306 e. The second kappa shape index (κ2) is 10.9. The fourth-order valence-electron chi connectivity index (χ4n) is 6.40. The van der Waals surface area contributed by atoms with Crippen LogP contribution in [0.4, 0.5) is 0 Å². The van der Waals surface area contributed by atoms with E-state index >= 15 is 0 Å². The van der Waals surface area contributed by atoms with E-state index in [9.17, 15) is 4.79 Å². The molecule has 0 saturated heterocycles. The summed E-state index contributed by atoms with van der Waals surface area (Å²) in [5.74, 6) is 5.03. The van der Waals surface area contributed by atoms with Crippen LogP contribution in [0.25, 0.3) is 0 Å². The van der Waals surface area contributed by atoms with Crippen LogP contribution in [0.1, 0.15) is 117 Å². The van der Waals surface area contributed by atoms with Crippen molar-refractivity contribution in [1.29, 1.82) is 0 Å². The zero-order chi connectivity index (χ0) is 19.1. The maximum absolute atomic E-state index is 11.9. The molecule has 0 aromatic rings. The molecule has 0 amide bonds. The molecule has 3 aliphatic carbocycles. The van der Waals surface area contributed by atoms with Crippen LogP contribution in [0.3, 0.4) is 0 Å². The van der Waals surface area contributed by atoms with Gasteiger partial charge in [0.05, 0.1) is 0 Å². The minimum Gasteiger partial charge on any atom is -0.462 e. The number of hydrogen-bond donors (Lipinski definition) is 0. The van der Waals surface area contributed by atoms with E-state index in [1.807, 2.05) is 0 Å². The number of esters is 1. The first-order valence-electron chi connectivity index (χ1n) is 12.4. The summed E-state index contributed by atoms with van der Waals surface area (Å²) in [6.45, 7) is 4.50. The van der Waals surface area contributed by atoms with Crippen molar-refractivity contribution in [2.45, 2.75) is 123 Å². The molecule has 2 heteroatoms. The van der Waals surface area contributed by atoms with Crippen LogP contribution in [0.2, 0.25) is 0 Å². The van der Waals surface area contributed by atoms with Crippen LogP contribution in [0.5, 0.6) is 0 Å². The summed E-state index contributed by atoms with van der Waals surface area (Å²) in [5.41, 5.74) is 0. The van der Waals surface area contributed by atoms with Crippen LogP contribution in [0, 0.1) is 29.6 Å². The summed E-state index contributed by atoms with van der Waals surface area (Å²) in [4.78, 5) is 11.9. The van der Waals surface area contributed by atoms with E-state index in [0.717, 1.165) is 55.3 Å². The fourth-order valence-corrected chi connectivity index (χ4v) is 6.40. The Bertz CT molecular complexity index is 422. The SMILES string of the molecule is CCCCC(=O)OC1CCC(C2CCC(C3CCC(CC)CC3)CC2)CC1. The van der Waals surface area contributed by atoms with Gasteiger partial charge in [0.1, 0.15) is 6.10 Å². The molecule has 0 aromatic carbocycles. The molecule has 0 unspecified atom stereocenters. The Morgan fingerprint density at radius 2 is 1.15 bits per heavy atom. The Morgan fingerprint density at radius 1 is 0.704 bits per heavy atom. The third-order valence-corrected chi connectivity index (χ3v) is 8.37. The monoisotopic (exact) mass is 376 g/mol. The van der Waals surface area contributed by atoms with Gasteiger partial charge in [0.2, 0.25) is 0 Å². The number of carbonyl (C=O) groups is 1. The molecule has 27 heavy (non-hydrogen) atoms. The number of carbonyl (C=O) groups excluding carboxylic acids is 1. The molecule has 0 bridgehead atoms. The van der Waals surface area contributed by atoms with Gasteiger partial charge in [-0.3, -0.25) is 4.79 Å². The van der Waals surface area contributed by atoms with Gasteiger partial charge in [0.15, 0.2) is 0 Å². The Labute approximate surface area is 168 Å². The van der Waals surface area contributed by atoms with E-state index in [0.29, 0.717) is 6.42 Å². The molecule has 3 aliphatic rings. The first-order valence-corrected chi connectivity index (χ1v) is 12.4. The van der Waals surface area contributed by atoms with Crippen LogP contribution in [0.15, 0.2) is 0 Å². The Kier molecular flexibility index (Phi) is 8.52. The third-order valence-electron chi connectivity index (χ3n) is 8.37. The normalized spacial score (nSPS) is 37.7. The van der Waals surface area contributed by atoms with E-state index in [1.54, 1.807) is 0 Å². The summed E-state index contributed by atoms with van der Waals surface area (Å²) >= 11 is 0. The van der Waals surface area contributed by atoms with Gasteiger partial charge in [-0.1, -0.05) is 39.5 Å². The molecule has 0 N–H and O–H groups in total. The average molecular weight is 377 g/mol. The zero-order valence-corrected chi connectivity index (χ0v) is 18.1. The Morgan fingerprint density at radius 3 is 1.59 bits per heavy atom. The molecule has 0 radical (unpaired) electrons. The average Bonchev–Trinajstić information content (AvgIpc) is 2.73. The van der Waals surface area contributed by atoms with Crippen molar-refractivity contribution >= 4 is 5.97 Å². The van der Waals surface area contributed by atoms with Gasteiger partial charge >= 0.3 is 5.97 Å². The van der Waals surface area contributed by atoms with E-state index < -0.39 is 0 Å². The highest BCUT2D eigenvalue weighted by atomic mass is 16.5. The number of hydrogen-bond acceptors (Lipinski definition) is 2. The highest BCUT2D eigenvalue weighted by molar-refractivity contribution is 5.69. The second-order valence-electron chi connectivity index (χ2n) is 9.99. The van der Waals surface area contributed by atoms with Crippen LogP contribution < -0.4 is 0 Å². The molecular formula is C25H44O2. The molecule has 2 nitrogen and oxygen atoms in total. The summed E-state index contributed by atoms with van der Waals surface area (Å²) < 4.78 is 5.70. The van der Waals surface area contributed by atoms with E-state index in [1.165, 1.54) is 70.6 Å². The first kappa shape index (κ1) is 21.2. The lowest BCUT2D eigenvalue weighted by atomic mass is 9.65. The predicted molar refractivity (Wildman–Crippen MR) is 113 cm³/mol. The molecule has 0 atom stereocenters. The molecule has 0 heterocycles. The van der Waals surface area contributed by atoms with Crippen molar-refractivity contribution in [3.05, 3.63) is 0 Å². The van der Waals surface area contributed by atoms with Gasteiger partial charge in [-0.25, -0.2) is 0 Å². The van der Waals surface area contributed by atoms with Crippen molar-refractivity contribution in [2.75, 3.05) is 0 Å². The molecule has 0 spiro atoms. The fraction of sp³-hybridized carbons (Fsp3) is 0.960. The molecule has 0 aliphatic heterocycles. The first-order chi connectivity index (χ1) is 13.2. The molecule has 3 rings (SSSR count). The summed E-state index contributed by atoms with van der Waals surface area (Å²) in [6.07, 6.45) is 21.1. The summed E-state index contributed by atoms with van der Waals surface area (Å²) in [5, 5.41) is 0. The van der Waals surface area contributed by atoms with Gasteiger partial charge in [-0.05, 0) is 100 Å². The molecule has 156 valence electrons. The zero-order valence-electron chi connectivity index (χ0n) is 18.1. The highest BCUT2D eigenvalue weighted by Crippen LogP contribution is 2.45. The predicted octanol–water partition coefficient (Wildman–Crippen LogP) is 7.30. The number of ether oxygens (including phenoxy) is 1. The lowest BCUT2D eigenvalue weighted by Gasteiger charge is -2.41. The lowest BCUT2D eigenvalue weighted by molar-refractivity contribution is -0.151. The molecule has 3 saturated carbocycles. The minimum atomic E-state index is 0.0404. The standard InChI is InChI=1S/C25H44O2/c1-3-5-6-25(26)27-24-17-15-23(16-18-24)22-13-11-21(12-14-22)20-9-7-19(4-2)8-10-20/h19-24H,3-18H2,1-2H3. The molecule has 0 aromatic heterocycles. The van der Waals surface area contributed by atoms with Crippen molar-refractivity contribution in [3.8, 4) is 0 Å². The number of unbranched alkanes of at least 4 members (excludes halogenated alkanes) is 1. The second-order valence-corrected chi connectivity index (χ2v) is 9.99.